The number of nitrogens with one attached hydrogen (secondary N) is 1. The van der Waals surface area contributed by atoms with E-state index in [0.717, 1.165) is 40.2 Å². The largest absolute Gasteiger partial charge is 0.397 e. The van der Waals surface area contributed by atoms with E-state index in [0.29, 0.717) is 10.8 Å². The molecule has 0 unspecified atom stereocenters. The molecular weight excluding hydrogens is 340 g/mol. The van der Waals surface area contributed by atoms with Gasteiger partial charge in [0.2, 0.25) is 5.91 Å². The molecule has 122 valence electrons. The Kier molecular flexibility index (Phi) is 4.12. The number of nitrogen functional groups attached to an aromatic ring is 1. The number of nitrogens with zero attached hydrogens (tertiary/aromatic N) is 2. The Morgan fingerprint density at radius 1 is 1.29 bits per heavy atom. The van der Waals surface area contributed by atoms with Crippen LogP contribution in [-0.4, -0.2) is 21.6 Å². The molecular formula is C17H16N4OS2. The minimum Gasteiger partial charge on any atom is -0.397 e. The smallest absolute Gasteiger partial charge is 0.236 e. The first kappa shape index (κ1) is 15.4. The molecule has 0 spiro atoms. The number of benzene rings is 1. The number of aromatic nitrogens is 2. The fraction of sp³-hybridized carbons (Fsp3) is 0.235. The SMILES string of the molecule is Nc1cc2c(nc1SCC(=O)Nc1nc3ccccc3s1)CCC2. The van der Waals surface area contributed by atoms with Crippen molar-refractivity contribution in [1.82, 2.24) is 9.97 Å². The number of para-hydroxylation sites is 1. The number of thioether (sulfide) groups is 1. The lowest BCUT2D eigenvalue weighted by atomic mass is 10.2. The molecule has 0 fully saturated rings. The number of nitrogens with two attached hydrogens (primary N) is 1. The molecule has 0 aliphatic heterocycles. The van der Waals surface area contributed by atoms with E-state index in [1.165, 1.54) is 28.7 Å². The molecule has 4 rings (SSSR count). The van der Waals surface area contributed by atoms with Gasteiger partial charge in [-0.2, -0.15) is 0 Å². The van der Waals surface area contributed by atoms with Crippen molar-refractivity contribution in [3.8, 4) is 0 Å². The van der Waals surface area contributed by atoms with Gasteiger partial charge in [0.05, 0.1) is 21.7 Å². The van der Waals surface area contributed by atoms with Gasteiger partial charge in [0, 0.05) is 5.69 Å². The first-order valence-electron chi connectivity index (χ1n) is 7.75. The monoisotopic (exact) mass is 356 g/mol. The molecule has 24 heavy (non-hydrogen) atoms. The molecule has 1 aliphatic rings. The van der Waals surface area contributed by atoms with E-state index in [-0.39, 0.29) is 11.7 Å². The molecule has 0 radical (unpaired) electrons. The molecule has 3 N–H and O–H groups in total. The Labute approximate surface area is 147 Å². The molecule has 2 aromatic heterocycles. The molecule has 0 saturated heterocycles. The van der Waals surface area contributed by atoms with Crippen LogP contribution in [0.1, 0.15) is 17.7 Å². The number of hydrogen-bond donors (Lipinski definition) is 2. The quantitative estimate of drug-likeness (QED) is 0.699. The number of rotatable bonds is 4. The maximum Gasteiger partial charge on any atom is 0.236 e. The zero-order chi connectivity index (χ0) is 16.5. The number of fused-ring (bicyclic) bond motifs is 2. The van der Waals surface area contributed by atoms with Crippen molar-refractivity contribution in [3.63, 3.8) is 0 Å². The second-order valence-corrected chi connectivity index (χ2v) is 7.66. The Bertz CT molecular complexity index is 889. The minimum absolute atomic E-state index is 0.0965. The minimum atomic E-state index is -0.0965. The summed E-state index contributed by atoms with van der Waals surface area (Å²) >= 11 is 2.85. The predicted molar refractivity (Wildman–Crippen MR) is 99.6 cm³/mol. The molecule has 3 aromatic rings. The van der Waals surface area contributed by atoms with Crippen molar-refractivity contribution >= 4 is 50.0 Å². The highest BCUT2D eigenvalue weighted by Crippen LogP contribution is 2.30. The Morgan fingerprint density at radius 3 is 3.04 bits per heavy atom. The molecule has 1 aromatic carbocycles. The highest BCUT2D eigenvalue weighted by atomic mass is 32.2. The van der Waals surface area contributed by atoms with Crippen LogP contribution in [0.25, 0.3) is 10.2 Å². The number of carbonyl (C=O) groups is 1. The van der Waals surface area contributed by atoms with Gasteiger partial charge in [-0.25, -0.2) is 9.97 Å². The van der Waals surface area contributed by atoms with Crippen molar-refractivity contribution < 1.29 is 4.79 Å². The van der Waals surface area contributed by atoms with Gasteiger partial charge < -0.3 is 11.1 Å². The van der Waals surface area contributed by atoms with Crippen molar-refractivity contribution in [1.29, 1.82) is 0 Å². The van der Waals surface area contributed by atoms with Gasteiger partial charge in [0.1, 0.15) is 5.03 Å². The number of amides is 1. The maximum absolute atomic E-state index is 12.2. The van der Waals surface area contributed by atoms with Crippen LogP contribution in [0.5, 0.6) is 0 Å². The summed E-state index contributed by atoms with van der Waals surface area (Å²) in [5, 5.41) is 4.22. The summed E-state index contributed by atoms with van der Waals surface area (Å²) in [5.41, 5.74) is 9.99. The summed E-state index contributed by atoms with van der Waals surface area (Å²) in [6.07, 6.45) is 3.19. The average Bonchev–Trinajstić information content (AvgIpc) is 3.17. The van der Waals surface area contributed by atoms with Crippen LogP contribution in [0.15, 0.2) is 35.4 Å². The van der Waals surface area contributed by atoms with Crippen LogP contribution < -0.4 is 11.1 Å². The molecule has 0 saturated carbocycles. The van der Waals surface area contributed by atoms with Crippen LogP contribution in [0.2, 0.25) is 0 Å². The van der Waals surface area contributed by atoms with Crippen LogP contribution in [-0.2, 0) is 17.6 Å². The molecule has 2 heterocycles. The maximum atomic E-state index is 12.2. The molecule has 1 aliphatic carbocycles. The lowest BCUT2D eigenvalue weighted by molar-refractivity contribution is -0.113. The zero-order valence-electron chi connectivity index (χ0n) is 12.9. The number of carbonyl (C=O) groups excluding carboxylic acids is 1. The highest BCUT2D eigenvalue weighted by molar-refractivity contribution is 8.00. The summed E-state index contributed by atoms with van der Waals surface area (Å²) in [5.74, 6) is 0.173. The third kappa shape index (κ3) is 3.09. The van der Waals surface area contributed by atoms with E-state index in [1.807, 2.05) is 30.3 Å². The third-order valence-corrected chi connectivity index (χ3v) is 5.88. The first-order valence-corrected chi connectivity index (χ1v) is 9.56. The summed E-state index contributed by atoms with van der Waals surface area (Å²) in [4.78, 5) is 21.2. The van der Waals surface area contributed by atoms with Gasteiger partial charge in [-0.3, -0.25) is 4.79 Å². The predicted octanol–water partition coefficient (Wildman–Crippen LogP) is 3.49. The number of pyridine rings is 1. The molecule has 1 amide bonds. The molecule has 0 atom stereocenters. The van der Waals surface area contributed by atoms with E-state index in [9.17, 15) is 4.79 Å². The van der Waals surface area contributed by atoms with Gasteiger partial charge in [0.25, 0.3) is 0 Å². The van der Waals surface area contributed by atoms with Gasteiger partial charge in [0.15, 0.2) is 5.13 Å². The van der Waals surface area contributed by atoms with Crippen LogP contribution in [0.3, 0.4) is 0 Å². The van der Waals surface area contributed by atoms with Gasteiger partial charge in [-0.15, -0.1) is 0 Å². The average molecular weight is 356 g/mol. The number of hydrogen-bond acceptors (Lipinski definition) is 6. The van der Waals surface area contributed by atoms with Crippen molar-refractivity contribution in [2.24, 2.45) is 0 Å². The van der Waals surface area contributed by atoms with Gasteiger partial charge in [-0.05, 0) is 43.0 Å². The van der Waals surface area contributed by atoms with Crippen molar-refractivity contribution in [2.75, 3.05) is 16.8 Å². The van der Waals surface area contributed by atoms with E-state index >= 15 is 0 Å². The second kappa shape index (κ2) is 6.41. The topological polar surface area (TPSA) is 80.9 Å². The lowest BCUT2D eigenvalue weighted by Crippen LogP contribution is -2.14. The standard InChI is InChI=1S/C17H16N4OS2/c18-11-8-10-4-3-6-12(10)19-16(11)23-9-15(22)21-17-20-13-5-1-2-7-14(13)24-17/h1-2,5,7-8H,3-4,6,9,18H2,(H,20,21,22). The normalized spacial score (nSPS) is 13.2. The number of thiazole rings is 1. The summed E-state index contributed by atoms with van der Waals surface area (Å²) in [7, 11) is 0. The fourth-order valence-electron chi connectivity index (χ4n) is 2.80. The number of aryl methyl sites for hydroxylation is 2. The van der Waals surface area contributed by atoms with Crippen molar-refractivity contribution in [2.45, 2.75) is 24.3 Å². The lowest BCUT2D eigenvalue weighted by Gasteiger charge is -2.07. The van der Waals surface area contributed by atoms with Gasteiger partial charge in [-0.1, -0.05) is 35.2 Å². The van der Waals surface area contributed by atoms with Crippen molar-refractivity contribution in [3.05, 3.63) is 41.6 Å². The van der Waals surface area contributed by atoms with Crippen LogP contribution in [0, 0.1) is 0 Å². The fourth-order valence-corrected chi connectivity index (χ4v) is 4.42. The second-order valence-electron chi connectivity index (χ2n) is 5.67. The van der Waals surface area contributed by atoms with E-state index in [4.69, 9.17) is 5.73 Å². The van der Waals surface area contributed by atoms with E-state index in [1.54, 1.807) is 0 Å². The highest BCUT2D eigenvalue weighted by Gasteiger charge is 2.16. The summed E-state index contributed by atoms with van der Waals surface area (Å²) < 4.78 is 1.06. The number of anilines is 2. The zero-order valence-corrected chi connectivity index (χ0v) is 14.5. The van der Waals surface area contributed by atoms with Crippen LogP contribution in [0.4, 0.5) is 10.8 Å². The molecule has 5 nitrogen and oxygen atoms in total. The van der Waals surface area contributed by atoms with E-state index in [2.05, 4.69) is 15.3 Å². The Morgan fingerprint density at radius 2 is 2.17 bits per heavy atom. The molecule has 0 bridgehead atoms. The first-order chi connectivity index (χ1) is 11.7. The van der Waals surface area contributed by atoms with Gasteiger partial charge >= 0.3 is 0 Å². The Hall–Kier alpha value is -2.12. The van der Waals surface area contributed by atoms with E-state index < -0.39 is 0 Å². The third-order valence-electron chi connectivity index (χ3n) is 3.92. The Balaban J connectivity index is 1.41. The summed E-state index contributed by atoms with van der Waals surface area (Å²) in [6.45, 7) is 0. The molecule has 7 heteroatoms. The summed E-state index contributed by atoms with van der Waals surface area (Å²) in [6, 6.07) is 9.83. The van der Waals surface area contributed by atoms with Crippen LogP contribution >= 0.6 is 23.1 Å².